The zero-order chi connectivity index (χ0) is 20.8. The highest BCUT2D eigenvalue weighted by Gasteiger charge is 2.24. The van der Waals surface area contributed by atoms with Gasteiger partial charge >= 0.3 is 0 Å². The van der Waals surface area contributed by atoms with Crippen molar-refractivity contribution in [2.24, 2.45) is 5.92 Å². The number of benzene rings is 2. The summed E-state index contributed by atoms with van der Waals surface area (Å²) in [4.78, 5) is 0. The lowest BCUT2D eigenvalue weighted by atomic mass is 9.79. The van der Waals surface area contributed by atoms with Crippen molar-refractivity contribution >= 4 is 0 Å². The Hall–Kier alpha value is -2.43. The predicted octanol–water partition coefficient (Wildman–Crippen LogP) is 6.72. The third kappa shape index (κ3) is 5.34. The molecule has 156 valence electrons. The van der Waals surface area contributed by atoms with Gasteiger partial charge in [-0.3, -0.25) is 0 Å². The minimum atomic E-state index is -0.926. The van der Waals surface area contributed by atoms with Crippen LogP contribution in [0, 0.1) is 30.3 Å². The van der Waals surface area contributed by atoms with Gasteiger partial charge < -0.3 is 9.47 Å². The van der Waals surface area contributed by atoms with Gasteiger partial charge in [-0.1, -0.05) is 18.2 Å². The lowest BCUT2D eigenvalue weighted by molar-refractivity contribution is 0.192. The summed E-state index contributed by atoms with van der Waals surface area (Å²) in [7, 11) is 0. The van der Waals surface area contributed by atoms with E-state index in [-0.39, 0.29) is 34.7 Å². The van der Waals surface area contributed by atoms with Crippen LogP contribution in [0.1, 0.15) is 49.1 Å². The second-order valence-electron chi connectivity index (χ2n) is 7.65. The van der Waals surface area contributed by atoms with Crippen LogP contribution in [-0.2, 0) is 0 Å². The van der Waals surface area contributed by atoms with Crippen LogP contribution in [-0.4, -0.2) is 13.2 Å². The fourth-order valence-corrected chi connectivity index (χ4v) is 3.75. The molecule has 5 heteroatoms. The van der Waals surface area contributed by atoms with Crippen molar-refractivity contribution in [3.05, 3.63) is 71.6 Å². The topological polar surface area (TPSA) is 18.5 Å². The van der Waals surface area contributed by atoms with Crippen molar-refractivity contribution in [2.75, 3.05) is 13.2 Å². The molecule has 0 spiro atoms. The first-order chi connectivity index (χ1) is 14.0. The van der Waals surface area contributed by atoms with E-state index in [0.717, 1.165) is 31.2 Å². The molecule has 0 atom stereocenters. The molecular formula is C24H27F3O2. The molecular weight excluding hydrogens is 377 g/mol. The van der Waals surface area contributed by atoms with Crippen LogP contribution in [0.5, 0.6) is 11.5 Å². The Bertz CT molecular complexity index is 842. The van der Waals surface area contributed by atoms with Crippen LogP contribution in [0.2, 0.25) is 0 Å². The first-order valence-corrected chi connectivity index (χ1v) is 10.1. The van der Waals surface area contributed by atoms with E-state index in [4.69, 9.17) is 9.47 Å². The Morgan fingerprint density at radius 1 is 0.966 bits per heavy atom. The average Bonchev–Trinajstić information content (AvgIpc) is 2.73. The number of hydrogen-bond acceptors (Lipinski definition) is 2. The summed E-state index contributed by atoms with van der Waals surface area (Å²) in [6.07, 6.45) is 6.04. The van der Waals surface area contributed by atoms with Crippen LogP contribution in [0.25, 0.3) is 0 Å². The maximum atomic E-state index is 14.3. The Kier molecular flexibility index (Phi) is 7.24. The van der Waals surface area contributed by atoms with Crippen molar-refractivity contribution in [1.82, 2.24) is 0 Å². The minimum absolute atomic E-state index is 0.0377. The van der Waals surface area contributed by atoms with Crippen molar-refractivity contribution in [3.63, 3.8) is 0 Å². The Morgan fingerprint density at radius 2 is 1.69 bits per heavy atom. The van der Waals surface area contributed by atoms with Crippen LogP contribution < -0.4 is 9.47 Å². The fraction of sp³-hybridized carbons (Fsp3) is 0.417. The molecule has 0 aliphatic heterocycles. The van der Waals surface area contributed by atoms with Gasteiger partial charge in [0.2, 0.25) is 5.82 Å². The molecule has 1 aliphatic rings. The monoisotopic (exact) mass is 404 g/mol. The van der Waals surface area contributed by atoms with Crippen LogP contribution in [0.4, 0.5) is 13.2 Å². The number of aryl methyl sites for hydroxylation is 1. The van der Waals surface area contributed by atoms with Gasteiger partial charge in [0.1, 0.15) is 0 Å². The summed E-state index contributed by atoms with van der Waals surface area (Å²) in [6.45, 7) is 5.91. The molecule has 0 bridgehead atoms. The number of halogens is 3. The highest BCUT2D eigenvalue weighted by Crippen LogP contribution is 2.37. The van der Waals surface area contributed by atoms with E-state index in [0.29, 0.717) is 19.6 Å². The summed E-state index contributed by atoms with van der Waals surface area (Å²) < 4.78 is 52.8. The summed E-state index contributed by atoms with van der Waals surface area (Å²) in [5.74, 6) is -1.32. The van der Waals surface area contributed by atoms with E-state index in [1.54, 1.807) is 18.2 Å². The molecule has 0 N–H and O–H groups in total. The first-order valence-electron chi connectivity index (χ1n) is 10.1. The van der Waals surface area contributed by atoms with E-state index in [9.17, 15) is 13.2 Å². The summed E-state index contributed by atoms with van der Waals surface area (Å²) in [6, 6.07) is 8.18. The lowest BCUT2D eigenvalue weighted by Crippen LogP contribution is -2.19. The standard InChI is InChI=1S/C24H27F3O2/c1-3-4-13-28-21-12-10-19(14-20(21)25)18-8-6-17(7-9-18)15-29-22-11-5-16(2)23(26)24(22)27/h3,5,10-12,14,17-18H,1,4,6-9,13,15H2,2H3. The highest BCUT2D eigenvalue weighted by molar-refractivity contribution is 5.32. The van der Waals surface area contributed by atoms with E-state index < -0.39 is 11.6 Å². The van der Waals surface area contributed by atoms with Gasteiger partial charge in [-0.05, 0) is 80.2 Å². The second-order valence-corrected chi connectivity index (χ2v) is 7.65. The van der Waals surface area contributed by atoms with Crippen molar-refractivity contribution in [3.8, 4) is 11.5 Å². The summed E-state index contributed by atoms with van der Waals surface area (Å²) in [5.41, 5.74) is 1.24. The van der Waals surface area contributed by atoms with Crippen LogP contribution >= 0.6 is 0 Å². The van der Waals surface area contributed by atoms with Gasteiger partial charge in [-0.2, -0.15) is 4.39 Å². The molecule has 2 aromatic carbocycles. The molecule has 1 aliphatic carbocycles. The maximum Gasteiger partial charge on any atom is 0.200 e. The molecule has 29 heavy (non-hydrogen) atoms. The van der Waals surface area contributed by atoms with Gasteiger partial charge in [0, 0.05) is 0 Å². The minimum Gasteiger partial charge on any atom is -0.490 e. The van der Waals surface area contributed by atoms with Gasteiger partial charge in [0.15, 0.2) is 23.1 Å². The fourth-order valence-electron chi connectivity index (χ4n) is 3.75. The van der Waals surface area contributed by atoms with Crippen LogP contribution in [0.15, 0.2) is 43.0 Å². The van der Waals surface area contributed by atoms with E-state index in [1.165, 1.54) is 19.1 Å². The molecule has 0 aromatic heterocycles. The number of rotatable bonds is 8. The van der Waals surface area contributed by atoms with Crippen molar-refractivity contribution < 1.29 is 22.6 Å². The molecule has 0 heterocycles. The molecule has 2 aromatic rings. The van der Waals surface area contributed by atoms with E-state index in [1.807, 2.05) is 6.07 Å². The first kappa shape index (κ1) is 21.3. The molecule has 1 saturated carbocycles. The average molecular weight is 404 g/mol. The van der Waals surface area contributed by atoms with E-state index in [2.05, 4.69) is 6.58 Å². The van der Waals surface area contributed by atoms with Crippen LogP contribution in [0.3, 0.4) is 0 Å². The van der Waals surface area contributed by atoms with Crippen molar-refractivity contribution in [2.45, 2.75) is 44.9 Å². The van der Waals surface area contributed by atoms with Gasteiger partial charge in [-0.15, -0.1) is 6.58 Å². The second kappa shape index (κ2) is 9.86. The molecule has 0 amide bonds. The third-order valence-corrected chi connectivity index (χ3v) is 5.57. The maximum absolute atomic E-state index is 14.3. The smallest absolute Gasteiger partial charge is 0.200 e. The highest BCUT2D eigenvalue weighted by atomic mass is 19.2. The Morgan fingerprint density at radius 3 is 2.38 bits per heavy atom. The summed E-state index contributed by atoms with van der Waals surface area (Å²) in [5, 5.41) is 0. The molecule has 0 radical (unpaired) electrons. The largest absolute Gasteiger partial charge is 0.490 e. The van der Waals surface area contributed by atoms with Gasteiger partial charge in [0.25, 0.3) is 0 Å². The van der Waals surface area contributed by atoms with Crippen molar-refractivity contribution in [1.29, 1.82) is 0 Å². The Labute approximate surface area is 170 Å². The predicted molar refractivity (Wildman–Crippen MR) is 108 cm³/mol. The molecule has 0 saturated heterocycles. The van der Waals surface area contributed by atoms with E-state index >= 15 is 0 Å². The zero-order valence-corrected chi connectivity index (χ0v) is 16.7. The normalized spacial score (nSPS) is 19.0. The number of ether oxygens (including phenoxy) is 2. The van der Waals surface area contributed by atoms with Gasteiger partial charge in [-0.25, -0.2) is 8.78 Å². The Balaban J connectivity index is 1.51. The molecule has 3 rings (SSSR count). The number of hydrogen-bond donors (Lipinski definition) is 0. The molecule has 1 fully saturated rings. The lowest BCUT2D eigenvalue weighted by Gasteiger charge is -2.29. The molecule has 2 nitrogen and oxygen atoms in total. The van der Waals surface area contributed by atoms with Gasteiger partial charge in [0.05, 0.1) is 13.2 Å². The zero-order valence-electron chi connectivity index (χ0n) is 16.7. The molecule has 0 unspecified atom stereocenters. The quantitative estimate of drug-likeness (QED) is 0.359. The summed E-state index contributed by atoms with van der Waals surface area (Å²) >= 11 is 0. The third-order valence-electron chi connectivity index (χ3n) is 5.57. The SMILES string of the molecule is C=CCCOc1ccc(C2CCC(COc3ccc(C)c(F)c3F)CC2)cc1F.